The number of carbonyl (C=O) groups is 1. The van der Waals surface area contributed by atoms with Gasteiger partial charge in [0.1, 0.15) is 0 Å². The Labute approximate surface area is 198 Å². The van der Waals surface area contributed by atoms with Crippen LogP contribution < -0.4 is 24.3 Å². The lowest BCUT2D eigenvalue weighted by Crippen LogP contribution is -2.40. The molecule has 34 heavy (non-hydrogen) atoms. The number of amides is 1. The van der Waals surface area contributed by atoms with Crippen molar-refractivity contribution < 1.29 is 32.5 Å². The molecule has 0 saturated heterocycles. The summed E-state index contributed by atoms with van der Waals surface area (Å²) in [6.45, 7) is 0.771. The molecule has 5 rings (SSSR count). The van der Waals surface area contributed by atoms with E-state index in [-0.39, 0.29) is 30.0 Å². The van der Waals surface area contributed by atoms with Crippen LogP contribution in [-0.4, -0.2) is 44.4 Å². The van der Waals surface area contributed by atoms with Crippen molar-refractivity contribution in [3.8, 4) is 23.0 Å². The van der Waals surface area contributed by atoms with Crippen LogP contribution in [0.5, 0.6) is 23.0 Å². The summed E-state index contributed by atoms with van der Waals surface area (Å²) in [4.78, 5) is 16.1. The summed E-state index contributed by atoms with van der Waals surface area (Å²) in [5, 5.41) is 4.78. The van der Waals surface area contributed by atoms with E-state index in [4.69, 9.17) is 9.47 Å². The van der Waals surface area contributed by atoms with Gasteiger partial charge >= 0.3 is 6.29 Å². The molecule has 3 aromatic rings. The van der Waals surface area contributed by atoms with Crippen molar-refractivity contribution in [1.29, 1.82) is 0 Å². The van der Waals surface area contributed by atoms with Gasteiger partial charge in [-0.2, -0.15) is 0 Å². The van der Waals surface area contributed by atoms with Gasteiger partial charge in [0.2, 0.25) is 5.91 Å². The highest BCUT2D eigenvalue weighted by Gasteiger charge is 2.43. The second-order valence-electron chi connectivity index (χ2n) is 7.92. The fraction of sp³-hybridized carbons (Fsp3) is 0.292. The highest BCUT2D eigenvalue weighted by atomic mass is 32.1. The summed E-state index contributed by atoms with van der Waals surface area (Å²) < 4.78 is 46.4. The summed E-state index contributed by atoms with van der Waals surface area (Å²) in [5.74, 6) is 0.845. The number of nitrogens with zero attached hydrogens (tertiary/aromatic N) is 1. The van der Waals surface area contributed by atoms with Crippen molar-refractivity contribution in [1.82, 2.24) is 4.90 Å². The third kappa shape index (κ3) is 4.26. The Balaban J connectivity index is 1.38. The number of methoxy groups -OCH3 is 2. The van der Waals surface area contributed by atoms with E-state index in [1.54, 1.807) is 25.6 Å². The highest BCUT2D eigenvalue weighted by Crippen LogP contribution is 2.43. The molecule has 2 aliphatic heterocycles. The zero-order valence-electron chi connectivity index (χ0n) is 18.5. The molecule has 178 valence electrons. The van der Waals surface area contributed by atoms with E-state index in [9.17, 15) is 13.6 Å². The molecule has 3 heterocycles. The van der Waals surface area contributed by atoms with Gasteiger partial charge in [-0.3, -0.25) is 9.69 Å². The standard InChI is InChI=1S/C24H22F2N2O5S/c1-30-18-10-14-7-8-28(23(21-4-3-9-34-21)16(14)12-19(18)31-2)13-22(29)27-15-5-6-17-20(11-15)33-24(25,26)32-17/h3-6,9-12,23H,7-8,13H2,1-2H3,(H,27,29). The van der Waals surface area contributed by atoms with Crippen molar-refractivity contribution in [2.45, 2.75) is 18.8 Å². The minimum absolute atomic E-state index is 0.0715. The minimum atomic E-state index is -3.70. The molecule has 0 spiro atoms. The predicted molar refractivity (Wildman–Crippen MR) is 122 cm³/mol. The largest absolute Gasteiger partial charge is 0.586 e. The van der Waals surface area contributed by atoms with E-state index >= 15 is 0 Å². The van der Waals surface area contributed by atoms with Crippen molar-refractivity contribution >= 4 is 22.9 Å². The van der Waals surface area contributed by atoms with Crippen LogP contribution in [0, 0.1) is 0 Å². The number of thiophene rings is 1. The topological polar surface area (TPSA) is 69.3 Å². The quantitative estimate of drug-likeness (QED) is 0.544. The number of ether oxygens (including phenoxy) is 4. The average Bonchev–Trinajstić information content (AvgIpc) is 3.44. The van der Waals surface area contributed by atoms with E-state index in [0.717, 1.165) is 22.4 Å². The van der Waals surface area contributed by atoms with Gasteiger partial charge < -0.3 is 24.3 Å². The zero-order valence-corrected chi connectivity index (χ0v) is 19.3. The molecule has 0 aliphatic carbocycles. The fourth-order valence-corrected chi connectivity index (χ4v) is 5.24. The molecule has 10 heteroatoms. The Morgan fingerprint density at radius 1 is 1.15 bits per heavy atom. The molecule has 1 atom stereocenters. The molecule has 0 fully saturated rings. The third-order valence-corrected chi connectivity index (χ3v) is 6.74. The van der Waals surface area contributed by atoms with Crippen LogP contribution in [0.15, 0.2) is 47.8 Å². The highest BCUT2D eigenvalue weighted by molar-refractivity contribution is 7.10. The van der Waals surface area contributed by atoms with Gasteiger partial charge in [0, 0.05) is 23.2 Å². The van der Waals surface area contributed by atoms with Crippen LogP contribution in [0.25, 0.3) is 0 Å². The molecule has 7 nitrogen and oxygen atoms in total. The van der Waals surface area contributed by atoms with Crippen LogP contribution in [0.3, 0.4) is 0 Å². The number of carbonyl (C=O) groups excluding carboxylic acids is 1. The number of halogens is 2. The predicted octanol–water partition coefficient (Wildman–Crippen LogP) is 4.67. The molecule has 2 aromatic carbocycles. The molecular weight excluding hydrogens is 466 g/mol. The number of fused-ring (bicyclic) bond motifs is 2. The number of anilines is 1. The first kappa shape index (κ1) is 22.4. The van der Waals surface area contributed by atoms with Gasteiger partial charge in [-0.25, -0.2) is 0 Å². The lowest BCUT2D eigenvalue weighted by Gasteiger charge is -2.37. The van der Waals surface area contributed by atoms with E-state index in [1.807, 2.05) is 29.6 Å². The number of hydrogen-bond donors (Lipinski definition) is 1. The van der Waals surface area contributed by atoms with E-state index in [1.165, 1.54) is 18.2 Å². The van der Waals surface area contributed by atoms with Crippen LogP contribution in [-0.2, 0) is 11.2 Å². The fourth-order valence-electron chi connectivity index (χ4n) is 4.36. The molecule has 2 aliphatic rings. The number of alkyl halides is 2. The molecule has 0 bridgehead atoms. The summed E-state index contributed by atoms with van der Waals surface area (Å²) in [6.07, 6.45) is -2.96. The third-order valence-electron chi connectivity index (χ3n) is 5.82. The van der Waals surface area contributed by atoms with Crippen LogP contribution >= 0.6 is 11.3 Å². The summed E-state index contributed by atoms with van der Waals surface area (Å²) in [5.41, 5.74) is 2.55. The first-order valence-corrected chi connectivity index (χ1v) is 11.5. The SMILES string of the molecule is COc1cc2c(cc1OC)C(c1cccs1)N(CC(=O)Nc1ccc3c(c1)OC(F)(F)O3)CC2. The lowest BCUT2D eigenvalue weighted by molar-refractivity contribution is -0.286. The first-order valence-electron chi connectivity index (χ1n) is 10.6. The van der Waals surface area contributed by atoms with Crippen molar-refractivity contribution in [2.75, 3.05) is 32.6 Å². The Hall–Kier alpha value is -3.37. The van der Waals surface area contributed by atoms with Crippen molar-refractivity contribution in [3.63, 3.8) is 0 Å². The Morgan fingerprint density at radius 3 is 2.65 bits per heavy atom. The van der Waals surface area contributed by atoms with Crippen LogP contribution in [0.2, 0.25) is 0 Å². The zero-order chi connectivity index (χ0) is 23.9. The Morgan fingerprint density at radius 2 is 1.91 bits per heavy atom. The van der Waals surface area contributed by atoms with Gasteiger partial charge in [0.15, 0.2) is 23.0 Å². The Bertz CT molecular complexity index is 1220. The van der Waals surface area contributed by atoms with Gasteiger partial charge in [-0.15, -0.1) is 20.1 Å². The normalized spacial score (nSPS) is 18.3. The number of hydrogen-bond acceptors (Lipinski definition) is 7. The maximum Gasteiger partial charge on any atom is 0.586 e. The smallest absolute Gasteiger partial charge is 0.493 e. The molecule has 1 unspecified atom stereocenters. The molecule has 0 radical (unpaired) electrons. The van der Waals surface area contributed by atoms with Gasteiger partial charge in [-0.1, -0.05) is 6.07 Å². The minimum Gasteiger partial charge on any atom is -0.493 e. The van der Waals surface area contributed by atoms with Gasteiger partial charge in [0.25, 0.3) is 0 Å². The number of rotatable bonds is 6. The average molecular weight is 489 g/mol. The molecule has 1 aromatic heterocycles. The second-order valence-corrected chi connectivity index (χ2v) is 8.90. The summed E-state index contributed by atoms with van der Waals surface area (Å²) in [6, 6.07) is 12.0. The van der Waals surface area contributed by atoms with Crippen LogP contribution in [0.4, 0.5) is 14.5 Å². The van der Waals surface area contributed by atoms with Crippen LogP contribution in [0.1, 0.15) is 22.0 Å². The number of benzene rings is 2. The molecule has 0 saturated carbocycles. The maximum absolute atomic E-state index is 13.3. The molecular formula is C24H22F2N2O5S. The summed E-state index contributed by atoms with van der Waals surface area (Å²) >= 11 is 1.62. The van der Waals surface area contributed by atoms with Gasteiger partial charge in [0.05, 0.1) is 26.8 Å². The monoisotopic (exact) mass is 488 g/mol. The van der Waals surface area contributed by atoms with Crippen molar-refractivity contribution in [2.24, 2.45) is 0 Å². The first-order chi connectivity index (χ1) is 16.4. The second kappa shape index (κ2) is 8.77. The number of nitrogens with one attached hydrogen (secondary N) is 1. The Kier molecular flexibility index (Phi) is 5.78. The van der Waals surface area contributed by atoms with E-state index in [2.05, 4.69) is 19.7 Å². The summed E-state index contributed by atoms with van der Waals surface area (Å²) in [7, 11) is 3.21. The van der Waals surface area contributed by atoms with E-state index in [0.29, 0.717) is 23.7 Å². The van der Waals surface area contributed by atoms with E-state index < -0.39 is 6.29 Å². The van der Waals surface area contributed by atoms with Gasteiger partial charge in [-0.05, 0) is 53.3 Å². The molecule has 1 amide bonds. The maximum atomic E-state index is 13.3. The lowest BCUT2D eigenvalue weighted by atomic mass is 9.91. The molecule has 1 N–H and O–H groups in total. The van der Waals surface area contributed by atoms with Crippen molar-refractivity contribution in [3.05, 3.63) is 63.8 Å².